The Morgan fingerprint density at radius 2 is 1.23 bits per heavy atom. The van der Waals surface area contributed by atoms with E-state index in [4.69, 9.17) is 22.1 Å². The molecule has 0 rings (SSSR count). The molecule has 0 aliphatic heterocycles. The lowest BCUT2D eigenvalue weighted by atomic mass is 11.8. The fourth-order valence-electron chi connectivity index (χ4n) is 0.967. The van der Waals surface area contributed by atoms with Gasteiger partial charge in [0.1, 0.15) is 0 Å². The molecule has 0 aromatic rings. The molecule has 0 aromatic heterocycles. The maximum atomic E-state index is 5.24. The first-order chi connectivity index (χ1) is 6.17. The summed E-state index contributed by atoms with van der Waals surface area (Å²) in [5.41, 5.74) is 0.615. The van der Waals surface area contributed by atoms with Gasteiger partial charge in [-0.15, -0.1) is 0 Å². The van der Waals surface area contributed by atoms with Crippen LogP contribution in [0.4, 0.5) is 0 Å². The van der Waals surface area contributed by atoms with Crippen LogP contribution >= 0.6 is 0 Å². The predicted molar refractivity (Wildman–Crippen MR) is 52.8 cm³/mol. The quantitative estimate of drug-likeness (QED) is 0.568. The number of hydrogen-bond donors (Lipinski definition) is 0. The van der Waals surface area contributed by atoms with Crippen LogP contribution in [0.15, 0.2) is 0 Å². The molecule has 5 nitrogen and oxygen atoms in total. The van der Waals surface area contributed by atoms with Crippen molar-refractivity contribution in [2.24, 2.45) is 0 Å². The highest BCUT2D eigenvalue weighted by molar-refractivity contribution is 6.73. The highest BCUT2D eigenvalue weighted by Gasteiger charge is 2.42. The van der Waals surface area contributed by atoms with E-state index < -0.39 is 18.1 Å². The van der Waals surface area contributed by atoms with Crippen molar-refractivity contribution in [1.29, 1.82) is 0 Å². The third kappa shape index (κ3) is 3.85. The molecule has 0 saturated carbocycles. The molecule has 0 amide bonds. The SMILES string of the molecule is CO[SiH](C[Si](OC)(OC)OC)OC. The van der Waals surface area contributed by atoms with Crippen LogP contribution in [0.3, 0.4) is 0 Å². The lowest BCUT2D eigenvalue weighted by Crippen LogP contribution is -2.47. The van der Waals surface area contributed by atoms with Gasteiger partial charge in [-0.05, 0) is 0 Å². The smallest absolute Gasteiger partial charge is 0.400 e. The minimum Gasteiger partial charge on any atom is -0.400 e. The van der Waals surface area contributed by atoms with Crippen molar-refractivity contribution in [2.45, 2.75) is 5.67 Å². The average molecular weight is 226 g/mol. The third-order valence-electron chi connectivity index (χ3n) is 1.88. The Labute approximate surface area is 82.1 Å². The Hall–Kier alpha value is 0.234. The van der Waals surface area contributed by atoms with Gasteiger partial charge in [0.15, 0.2) is 0 Å². The van der Waals surface area contributed by atoms with Crippen molar-refractivity contribution in [3.63, 3.8) is 0 Å². The standard InChI is InChI=1S/C6H18O5Si2/c1-7-12(8-2)6-13(9-3,10-4)11-5/h12H,6H2,1-5H3. The van der Waals surface area contributed by atoms with Gasteiger partial charge in [-0.2, -0.15) is 0 Å². The lowest BCUT2D eigenvalue weighted by molar-refractivity contribution is 0.124. The molecule has 7 heteroatoms. The molecular formula is C6H18O5Si2. The summed E-state index contributed by atoms with van der Waals surface area (Å²) in [5.74, 6) is 0. The van der Waals surface area contributed by atoms with Gasteiger partial charge in [0.2, 0.25) is 0 Å². The molecule has 0 aromatic carbocycles. The minimum atomic E-state index is -2.51. The van der Waals surface area contributed by atoms with E-state index in [1.165, 1.54) is 0 Å². The summed E-state index contributed by atoms with van der Waals surface area (Å²) in [5, 5.41) is 0. The van der Waals surface area contributed by atoms with E-state index in [-0.39, 0.29) is 0 Å². The molecule has 0 spiro atoms. The number of rotatable bonds is 7. The summed E-state index contributed by atoms with van der Waals surface area (Å²) in [6.07, 6.45) is 0. The second-order valence-electron chi connectivity index (χ2n) is 2.40. The summed E-state index contributed by atoms with van der Waals surface area (Å²) < 4.78 is 26.1. The Morgan fingerprint density at radius 1 is 0.846 bits per heavy atom. The maximum Gasteiger partial charge on any atom is 0.501 e. The van der Waals surface area contributed by atoms with E-state index in [1.807, 2.05) is 0 Å². The summed E-state index contributed by atoms with van der Waals surface area (Å²) in [6, 6.07) is 0. The van der Waals surface area contributed by atoms with Crippen LogP contribution in [0, 0.1) is 0 Å². The van der Waals surface area contributed by atoms with Gasteiger partial charge in [-0.25, -0.2) is 0 Å². The molecule has 0 radical (unpaired) electrons. The largest absolute Gasteiger partial charge is 0.501 e. The molecule has 0 saturated heterocycles. The van der Waals surface area contributed by atoms with Gasteiger partial charge in [0.05, 0.1) is 5.67 Å². The minimum absolute atomic E-state index is 0.615. The first kappa shape index (κ1) is 13.2. The van der Waals surface area contributed by atoms with Crippen LogP contribution in [0.1, 0.15) is 0 Å². The van der Waals surface area contributed by atoms with E-state index in [0.29, 0.717) is 5.67 Å². The van der Waals surface area contributed by atoms with Crippen LogP contribution in [-0.4, -0.2) is 53.6 Å². The first-order valence-corrected chi connectivity index (χ1v) is 7.58. The fraction of sp³-hybridized carbons (Fsp3) is 1.00. The number of hydrogen-bond acceptors (Lipinski definition) is 5. The van der Waals surface area contributed by atoms with Gasteiger partial charge in [0, 0.05) is 35.5 Å². The molecule has 0 fully saturated rings. The van der Waals surface area contributed by atoms with E-state index >= 15 is 0 Å². The van der Waals surface area contributed by atoms with E-state index in [9.17, 15) is 0 Å². The van der Waals surface area contributed by atoms with E-state index in [1.54, 1.807) is 35.5 Å². The Kier molecular flexibility index (Phi) is 6.77. The molecule has 0 bridgehead atoms. The third-order valence-corrected chi connectivity index (χ3v) is 8.13. The topological polar surface area (TPSA) is 46.2 Å². The van der Waals surface area contributed by atoms with Crippen molar-refractivity contribution in [1.82, 2.24) is 0 Å². The van der Waals surface area contributed by atoms with Crippen LogP contribution in [-0.2, 0) is 22.1 Å². The van der Waals surface area contributed by atoms with Crippen molar-refractivity contribution in [2.75, 3.05) is 35.5 Å². The zero-order valence-corrected chi connectivity index (χ0v) is 11.0. The molecule has 0 aliphatic carbocycles. The van der Waals surface area contributed by atoms with Crippen LogP contribution in [0.5, 0.6) is 0 Å². The second kappa shape index (κ2) is 6.65. The summed E-state index contributed by atoms with van der Waals surface area (Å²) in [7, 11) is 3.80. The maximum absolute atomic E-state index is 5.24. The highest BCUT2D eigenvalue weighted by atomic mass is 28.4. The highest BCUT2D eigenvalue weighted by Crippen LogP contribution is 2.14. The Morgan fingerprint density at radius 3 is 1.46 bits per heavy atom. The van der Waals surface area contributed by atoms with Gasteiger partial charge in [-0.1, -0.05) is 0 Å². The van der Waals surface area contributed by atoms with Gasteiger partial charge in [0.25, 0.3) is 0 Å². The molecule has 0 N–H and O–H groups in total. The first-order valence-electron chi connectivity index (χ1n) is 3.89. The molecule has 0 heterocycles. The van der Waals surface area contributed by atoms with Crippen LogP contribution in [0.25, 0.3) is 0 Å². The van der Waals surface area contributed by atoms with E-state index in [0.717, 1.165) is 0 Å². The summed E-state index contributed by atoms with van der Waals surface area (Å²) in [4.78, 5) is 0. The molecule has 0 unspecified atom stereocenters. The molecule has 0 aliphatic rings. The predicted octanol–water partition coefficient (Wildman–Crippen LogP) is -0.0830. The van der Waals surface area contributed by atoms with Gasteiger partial charge >= 0.3 is 18.1 Å². The zero-order valence-electron chi connectivity index (χ0n) is 8.83. The van der Waals surface area contributed by atoms with Crippen molar-refractivity contribution < 1.29 is 22.1 Å². The Bertz CT molecular complexity index is 118. The molecular weight excluding hydrogens is 208 g/mol. The average Bonchev–Trinajstić information content (AvgIpc) is 2.21. The second-order valence-corrected chi connectivity index (χ2v) is 8.43. The molecule has 0 atom stereocenters. The van der Waals surface area contributed by atoms with Crippen molar-refractivity contribution in [3.8, 4) is 0 Å². The zero-order chi connectivity index (χ0) is 10.3. The monoisotopic (exact) mass is 226 g/mol. The molecule has 80 valence electrons. The normalized spacial score (nSPS) is 12.5. The Balaban J connectivity index is 4.21. The van der Waals surface area contributed by atoms with Crippen LogP contribution in [0.2, 0.25) is 5.67 Å². The van der Waals surface area contributed by atoms with Crippen molar-refractivity contribution >= 4 is 18.1 Å². The van der Waals surface area contributed by atoms with Crippen LogP contribution < -0.4 is 0 Å². The summed E-state index contributed by atoms with van der Waals surface area (Å²) in [6.45, 7) is 0. The van der Waals surface area contributed by atoms with Gasteiger partial charge in [-0.3, -0.25) is 0 Å². The lowest BCUT2D eigenvalue weighted by Gasteiger charge is -2.26. The van der Waals surface area contributed by atoms with Crippen molar-refractivity contribution in [3.05, 3.63) is 0 Å². The fourth-order valence-corrected chi connectivity index (χ4v) is 6.63. The van der Waals surface area contributed by atoms with E-state index in [2.05, 4.69) is 0 Å². The van der Waals surface area contributed by atoms with Gasteiger partial charge < -0.3 is 22.1 Å². The summed E-state index contributed by atoms with van der Waals surface area (Å²) >= 11 is 0. The molecule has 13 heavy (non-hydrogen) atoms.